The average Bonchev–Trinajstić information content (AvgIpc) is 2.65. The highest BCUT2D eigenvalue weighted by atomic mass is 16.5. The molecule has 2 aromatic carbocycles. The van der Waals surface area contributed by atoms with Gasteiger partial charge in [-0.25, -0.2) is 0 Å². The van der Waals surface area contributed by atoms with E-state index in [-0.39, 0.29) is 24.5 Å². The Morgan fingerprint density at radius 2 is 1.62 bits per heavy atom. The van der Waals surface area contributed by atoms with Gasteiger partial charge >= 0.3 is 0 Å². The maximum atomic E-state index is 12.5. The lowest BCUT2D eigenvalue weighted by molar-refractivity contribution is -0.124. The first-order valence-corrected chi connectivity index (χ1v) is 8.80. The minimum absolute atomic E-state index is 0.0653. The monoisotopic (exact) mass is 354 g/mol. The number of amides is 2. The summed E-state index contributed by atoms with van der Waals surface area (Å²) in [6.07, 6.45) is 0. The third-order valence-corrected chi connectivity index (χ3v) is 4.18. The van der Waals surface area contributed by atoms with Crippen LogP contribution in [0.5, 0.6) is 5.75 Å². The van der Waals surface area contributed by atoms with E-state index in [9.17, 15) is 9.59 Å². The van der Waals surface area contributed by atoms with E-state index in [0.29, 0.717) is 23.8 Å². The minimum Gasteiger partial charge on any atom is -0.483 e. The predicted molar refractivity (Wildman–Crippen MR) is 102 cm³/mol. The number of para-hydroxylation sites is 1. The first kappa shape index (κ1) is 19.5. The van der Waals surface area contributed by atoms with Gasteiger partial charge < -0.3 is 15.4 Å². The molecule has 0 bridgehead atoms. The minimum atomic E-state index is -0.236. The largest absolute Gasteiger partial charge is 0.483 e. The summed E-state index contributed by atoms with van der Waals surface area (Å²) >= 11 is 0. The van der Waals surface area contributed by atoms with Crippen LogP contribution in [-0.4, -0.2) is 24.5 Å². The first-order valence-electron chi connectivity index (χ1n) is 8.80. The molecule has 0 saturated carbocycles. The van der Waals surface area contributed by atoms with Crippen LogP contribution < -0.4 is 15.4 Å². The van der Waals surface area contributed by atoms with Crippen LogP contribution in [0.25, 0.3) is 0 Å². The molecule has 5 heteroatoms. The molecule has 0 aliphatic rings. The molecule has 5 nitrogen and oxygen atoms in total. The van der Waals surface area contributed by atoms with Crippen molar-refractivity contribution in [2.75, 3.05) is 6.61 Å². The molecule has 2 aromatic rings. The summed E-state index contributed by atoms with van der Waals surface area (Å²) in [5.74, 6) is 0.298. The molecule has 0 aliphatic heterocycles. The van der Waals surface area contributed by atoms with Crippen LogP contribution in [0.15, 0.2) is 54.6 Å². The normalized spacial score (nSPS) is 11.7. The fourth-order valence-corrected chi connectivity index (χ4v) is 2.26. The van der Waals surface area contributed by atoms with Crippen molar-refractivity contribution in [2.45, 2.75) is 33.4 Å². The zero-order chi connectivity index (χ0) is 18.9. The Kier molecular flexibility index (Phi) is 7.21. The fraction of sp³-hybridized carbons (Fsp3) is 0.333. The second kappa shape index (κ2) is 9.61. The molecule has 0 fully saturated rings. The summed E-state index contributed by atoms with van der Waals surface area (Å²) in [5, 5.41) is 5.75. The van der Waals surface area contributed by atoms with Crippen molar-refractivity contribution in [3.05, 3.63) is 65.7 Å². The van der Waals surface area contributed by atoms with Crippen LogP contribution >= 0.6 is 0 Å². The van der Waals surface area contributed by atoms with Crippen molar-refractivity contribution < 1.29 is 14.3 Å². The molecule has 0 spiro atoms. The van der Waals surface area contributed by atoms with Gasteiger partial charge in [0.25, 0.3) is 11.8 Å². The second-order valence-corrected chi connectivity index (χ2v) is 6.55. The van der Waals surface area contributed by atoms with E-state index in [1.165, 1.54) is 0 Å². The lowest BCUT2D eigenvalue weighted by Gasteiger charge is -2.18. The van der Waals surface area contributed by atoms with Gasteiger partial charge in [0.15, 0.2) is 6.61 Å². The van der Waals surface area contributed by atoms with E-state index >= 15 is 0 Å². The lowest BCUT2D eigenvalue weighted by atomic mass is 10.1. The number of carbonyl (C=O) groups is 2. The van der Waals surface area contributed by atoms with Gasteiger partial charge in [-0.1, -0.05) is 56.3 Å². The Hall–Kier alpha value is -2.82. The molecule has 0 aliphatic carbocycles. The summed E-state index contributed by atoms with van der Waals surface area (Å²) in [6, 6.07) is 16.7. The van der Waals surface area contributed by atoms with E-state index < -0.39 is 0 Å². The topological polar surface area (TPSA) is 67.4 Å². The number of hydrogen-bond donors (Lipinski definition) is 2. The molecule has 2 N–H and O–H groups in total. The number of ether oxygens (including phenoxy) is 1. The zero-order valence-corrected chi connectivity index (χ0v) is 15.5. The predicted octanol–water partition coefficient (Wildman–Crippen LogP) is 3.16. The third-order valence-electron chi connectivity index (χ3n) is 4.18. The van der Waals surface area contributed by atoms with Crippen molar-refractivity contribution in [1.29, 1.82) is 0 Å². The van der Waals surface area contributed by atoms with E-state index in [4.69, 9.17) is 4.74 Å². The van der Waals surface area contributed by atoms with Crippen LogP contribution in [0.3, 0.4) is 0 Å². The summed E-state index contributed by atoms with van der Waals surface area (Å²) in [6.45, 7) is 6.34. The summed E-state index contributed by atoms with van der Waals surface area (Å²) in [7, 11) is 0. The van der Waals surface area contributed by atoms with Gasteiger partial charge in [-0.05, 0) is 30.5 Å². The van der Waals surface area contributed by atoms with Crippen LogP contribution in [-0.2, 0) is 11.3 Å². The number of carbonyl (C=O) groups excluding carboxylic acids is 2. The quantitative estimate of drug-likeness (QED) is 0.765. The van der Waals surface area contributed by atoms with Crippen LogP contribution in [0.2, 0.25) is 0 Å². The molecular weight excluding hydrogens is 328 g/mol. The van der Waals surface area contributed by atoms with Gasteiger partial charge in [0.05, 0.1) is 5.56 Å². The number of rotatable bonds is 8. The van der Waals surface area contributed by atoms with E-state index in [1.807, 2.05) is 51.1 Å². The van der Waals surface area contributed by atoms with E-state index in [2.05, 4.69) is 10.6 Å². The molecule has 2 amide bonds. The Balaban J connectivity index is 1.94. The van der Waals surface area contributed by atoms with E-state index in [1.54, 1.807) is 24.3 Å². The highest BCUT2D eigenvalue weighted by Gasteiger charge is 2.15. The van der Waals surface area contributed by atoms with Crippen molar-refractivity contribution in [2.24, 2.45) is 5.92 Å². The number of nitrogens with one attached hydrogen (secondary N) is 2. The summed E-state index contributed by atoms with van der Waals surface area (Å²) in [5.41, 5.74) is 1.43. The fourth-order valence-electron chi connectivity index (χ4n) is 2.26. The SMILES string of the molecule is CC(C)[C@H](C)NC(=O)COc1ccccc1C(=O)NCc1ccccc1. The lowest BCUT2D eigenvalue weighted by Crippen LogP contribution is -2.39. The highest BCUT2D eigenvalue weighted by Crippen LogP contribution is 2.18. The Bertz CT molecular complexity index is 729. The van der Waals surface area contributed by atoms with Crippen molar-refractivity contribution in [1.82, 2.24) is 10.6 Å². The van der Waals surface area contributed by atoms with Gasteiger partial charge in [0.2, 0.25) is 0 Å². The molecule has 26 heavy (non-hydrogen) atoms. The van der Waals surface area contributed by atoms with Crippen molar-refractivity contribution in [3.8, 4) is 5.75 Å². The molecule has 0 radical (unpaired) electrons. The van der Waals surface area contributed by atoms with Crippen molar-refractivity contribution in [3.63, 3.8) is 0 Å². The standard InChI is InChI=1S/C21H26N2O3/c1-15(2)16(3)23-20(24)14-26-19-12-8-7-11-18(19)21(25)22-13-17-9-5-4-6-10-17/h4-12,15-16H,13-14H2,1-3H3,(H,22,25)(H,23,24)/t16-/m0/s1. The number of hydrogen-bond acceptors (Lipinski definition) is 3. The third kappa shape index (κ3) is 5.92. The molecule has 0 unspecified atom stereocenters. The molecule has 2 rings (SSSR count). The Morgan fingerprint density at radius 3 is 2.31 bits per heavy atom. The maximum absolute atomic E-state index is 12.5. The van der Waals surface area contributed by atoms with Crippen molar-refractivity contribution >= 4 is 11.8 Å². The van der Waals surface area contributed by atoms with Gasteiger partial charge in [0.1, 0.15) is 5.75 Å². The summed E-state index contributed by atoms with van der Waals surface area (Å²) < 4.78 is 5.58. The summed E-state index contributed by atoms with van der Waals surface area (Å²) in [4.78, 5) is 24.4. The maximum Gasteiger partial charge on any atom is 0.258 e. The van der Waals surface area contributed by atoms with Gasteiger partial charge in [0, 0.05) is 12.6 Å². The Morgan fingerprint density at radius 1 is 0.962 bits per heavy atom. The van der Waals surface area contributed by atoms with Crippen LogP contribution in [0.4, 0.5) is 0 Å². The molecule has 0 heterocycles. The molecule has 1 atom stereocenters. The average molecular weight is 354 g/mol. The molecule has 0 saturated heterocycles. The molecule has 138 valence electrons. The smallest absolute Gasteiger partial charge is 0.258 e. The van der Waals surface area contributed by atoms with E-state index in [0.717, 1.165) is 5.56 Å². The van der Waals surface area contributed by atoms with Crippen LogP contribution in [0.1, 0.15) is 36.7 Å². The van der Waals surface area contributed by atoms with Gasteiger partial charge in [-0.2, -0.15) is 0 Å². The number of benzene rings is 2. The van der Waals surface area contributed by atoms with Gasteiger partial charge in [-0.3, -0.25) is 9.59 Å². The molecular formula is C21H26N2O3. The van der Waals surface area contributed by atoms with Gasteiger partial charge in [-0.15, -0.1) is 0 Å². The first-order chi connectivity index (χ1) is 12.5. The zero-order valence-electron chi connectivity index (χ0n) is 15.5. The highest BCUT2D eigenvalue weighted by molar-refractivity contribution is 5.97. The second-order valence-electron chi connectivity index (χ2n) is 6.55. The van der Waals surface area contributed by atoms with Crippen LogP contribution in [0, 0.1) is 5.92 Å². The Labute approximate surface area is 154 Å². The molecule has 0 aromatic heterocycles.